The van der Waals surface area contributed by atoms with Gasteiger partial charge in [-0.25, -0.2) is 0 Å². The maximum atomic E-state index is 5.67. The molecule has 1 aliphatic carbocycles. The fourth-order valence-electron chi connectivity index (χ4n) is 4.07. The van der Waals surface area contributed by atoms with Crippen LogP contribution in [0, 0.1) is 5.92 Å². The Morgan fingerprint density at radius 3 is 2.35 bits per heavy atom. The van der Waals surface area contributed by atoms with E-state index in [1.165, 1.54) is 37.7 Å². The monoisotopic (exact) mass is 360 g/mol. The first-order valence-electron chi connectivity index (χ1n) is 8.48. The quantitative estimate of drug-likeness (QED) is 0.875. The Bertz CT molecular complexity index is 428. The summed E-state index contributed by atoms with van der Waals surface area (Å²) in [6.45, 7) is 4.52. The van der Waals surface area contributed by atoms with Crippen molar-refractivity contribution in [2.24, 2.45) is 5.92 Å². The second-order valence-electron chi connectivity index (χ2n) is 6.37. The van der Waals surface area contributed by atoms with Crippen LogP contribution < -0.4 is 10.1 Å². The molecule has 0 radical (unpaired) electrons. The van der Waals surface area contributed by atoms with Gasteiger partial charge in [0.1, 0.15) is 5.75 Å². The minimum Gasteiger partial charge on any atom is -0.496 e. The van der Waals surface area contributed by atoms with Crippen LogP contribution in [0.3, 0.4) is 0 Å². The molecule has 0 bridgehead atoms. The molecule has 2 aliphatic rings. The zero-order valence-electron chi connectivity index (χ0n) is 14.0. The SMILES string of the molecule is COc1ccccc1[C@H](C1CCCCC1)N1CCNCC1.Cl.Cl. The van der Waals surface area contributed by atoms with Gasteiger partial charge in [0.25, 0.3) is 0 Å². The predicted octanol–water partition coefficient (Wildman–Crippen LogP) is 4.07. The normalized spacial score (nSPS) is 20.9. The van der Waals surface area contributed by atoms with E-state index in [0.717, 1.165) is 37.8 Å². The molecule has 1 saturated carbocycles. The van der Waals surface area contributed by atoms with Crippen LogP contribution in [0.5, 0.6) is 5.75 Å². The zero-order valence-corrected chi connectivity index (χ0v) is 15.6. The lowest BCUT2D eigenvalue weighted by Crippen LogP contribution is -2.47. The van der Waals surface area contributed by atoms with E-state index in [-0.39, 0.29) is 24.8 Å². The van der Waals surface area contributed by atoms with Crippen LogP contribution in [0.15, 0.2) is 24.3 Å². The lowest BCUT2D eigenvalue weighted by atomic mass is 9.80. The smallest absolute Gasteiger partial charge is 0.123 e. The van der Waals surface area contributed by atoms with Crippen molar-refractivity contribution in [1.29, 1.82) is 0 Å². The first-order chi connectivity index (χ1) is 10.4. The van der Waals surface area contributed by atoms with E-state index in [9.17, 15) is 0 Å². The first kappa shape index (κ1) is 20.6. The van der Waals surface area contributed by atoms with E-state index in [1.54, 1.807) is 7.11 Å². The number of hydrogen-bond donors (Lipinski definition) is 1. The van der Waals surface area contributed by atoms with E-state index in [0.29, 0.717) is 6.04 Å². The predicted molar refractivity (Wildman–Crippen MR) is 101 cm³/mol. The molecule has 5 heteroatoms. The van der Waals surface area contributed by atoms with Crippen molar-refractivity contribution in [3.8, 4) is 5.75 Å². The van der Waals surface area contributed by atoms with Crippen LogP contribution in [0.1, 0.15) is 43.7 Å². The van der Waals surface area contributed by atoms with Gasteiger partial charge >= 0.3 is 0 Å². The molecule has 0 unspecified atom stereocenters. The lowest BCUT2D eigenvalue weighted by Gasteiger charge is -2.41. The van der Waals surface area contributed by atoms with Crippen molar-refractivity contribution >= 4 is 24.8 Å². The van der Waals surface area contributed by atoms with Gasteiger partial charge in [0.2, 0.25) is 0 Å². The van der Waals surface area contributed by atoms with Gasteiger partial charge in [-0.3, -0.25) is 4.90 Å². The van der Waals surface area contributed by atoms with Gasteiger partial charge in [-0.1, -0.05) is 37.5 Å². The van der Waals surface area contributed by atoms with E-state index < -0.39 is 0 Å². The van der Waals surface area contributed by atoms with Crippen molar-refractivity contribution in [3.63, 3.8) is 0 Å². The third-order valence-electron chi connectivity index (χ3n) is 5.10. The van der Waals surface area contributed by atoms with Crippen LogP contribution in [-0.2, 0) is 0 Å². The summed E-state index contributed by atoms with van der Waals surface area (Å²) in [5.41, 5.74) is 1.40. The number of piperazine rings is 1. The third kappa shape index (κ3) is 4.99. The van der Waals surface area contributed by atoms with E-state index in [1.807, 2.05) is 0 Å². The summed E-state index contributed by atoms with van der Waals surface area (Å²) in [6, 6.07) is 9.17. The third-order valence-corrected chi connectivity index (χ3v) is 5.10. The Morgan fingerprint density at radius 2 is 1.70 bits per heavy atom. The molecule has 132 valence electrons. The molecule has 1 saturated heterocycles. The van der Waals surface area contributed by atoms with Gasteiger partial charge in [-0.05, 0) is 24.8 Å². The van der Waals surface area contributed by atoms with Crippen LogP contribution >= 0.6 is 24.8 Å². The summed E-state index contributed by atoms with van der Waals surface area (Å²) >= 11 is 0. The molecule has 1 atom stereocenters. The molecular formula is C18H30Cl2N2O. The molecule has 0 amide bonds. The summed E-state index contributed by atoms with van der Waals surface area (Å²) in [7, 11) is 1.80. The van der Waals surface area contributed by atoms with Crippen LogP contribution in [0.25, 0.3) is 0 Å². The summed E-state index contributed by atoms with van der Waals surface area (Å²) in [4.78, 5) is 2.68. The van der Waals surface area contributed by atoms with Crippen molar-refractivity contribution < 1.29 is 4.74 Å². The van der Waals surface area contributed by atoms with Crippen molar-refractivity contribution in [2.75, 3.05) is 33.3 Å². The average Bonchev–Trinajstić information content (AvgIpc) is 2.58. The van der Waals surface area contributed by atoms with Gasteiger partial charge in [-0.2, -0.15) is 0 Å². The molecule has 0 spiro atoms. The van der Waals surface area contributed by atoms with E-state index in [4.69, 9.17) is 4.74 Å². The maximum absolute atomic E-state index is 5.67. The van der Waals surface area contributed by atoms with Crippen molar-refractivity contribution in [1.82, 2.24) is 10.2 Å². The Hall–Kier alpha value is -0.480. The molecule has 1 heterocycles. The Kier molecular flexibility index (Phi) is 9.30. The summed E-state index contributed by atoms with van der Waals surface area (Å²) in [5.74, 6) is 1.85. The fourth-order valence-corrected chi connectivity index (χ4v) is 4.07. The molecule has 1 N–H and O–H groups in total. The van der Waals surface area contributed by atoms with E-state index >= 15 is 0 Å². The van der Waals surface area contributed by atoms with Crippen LogP contribution in [0.2, 0.25) is 0 Å². The number of rotatable bonds is 4. The largest absolute Gasteiger partial charge is 0.496 e. The molecule has 23 heavy (non-hydrogen) atoms. The fraction of sp³-hybridized carbons (Fsp3) is 0.667. The highest BCUT2D eigenvalue weighted by Gasteiger charge is 2.32. The highest BCUT2D eigenvalue weighted by molar-refractivity contribution is 5.85. The van der Waals surface area contributed by atoms with E-state index in [2.05, 4.69) is 34.5 Å². The van der Waals surface area contributed by atoms with Gasteiger partial charge < -0.3 is 10.1 Å². The molecule has 3 rings (SSSR count). The van der Waals surface area contributed by atoms with Crippen LogP contribution in [-0.4, -0.2) is 38.2 Å². The number of nitrogens with zero attached hydrogens (tertiary/aromatic N) is 1. The highest BCUT2D eigenvalue weighted by atomic mass is 35.5. The Morgan fingerprint density at radius 1 is 1.04 bits per heavy atom. The summed E-state index contributed by atoms with van der Waals surface area (Å²) in [5, 5.41) is 3.48. The summed E-state index contributed by atoms with van der Waals surface area (Å²) < 4.78 is 5.67. The molecular weight excluding hydrogens is 331 g/mol. The topological polar surface area (TPSA) is 24.5 Å². The molecule has 1 aromatic rings. The molecule has 2 fully saturated rings. The van der Waals surface area contributed by atoms with Gasteiger partial charge in [-0.15, -0.1) is 24.8 Å². The molecule has 3 nitrogen and oxygen atoms in total. The second-order valence-corrected chi connectivity index (χ2v) is 6.37. The van der Waals surface area contributed by atoms with Crippen molar-refractivity contribution in [2.45, 2.75) is 38.1 Å². The van der Waals surface area contributed by atoms with Gasteiger partial charge in [0.05, 0.1) is 7.11 Å². The number of benzene rings is 1. The van der Waals surface area contributed by atoms with Crippen LogP contribution in [0.4, 0.5) is 0 Å². The summed E-state index contributed by atoms with van der Waals surface area (Å²) in [6.07, 6.45) is 6.93. The number of para-hydroxylation sites is 1. The maximum Gasteiger partial charge on any atom is 0.123 e. The molecule has 0 aromatic heterocycles. The highest BCUT2D eigenvalue weighted by Crippen LogP contribution is 2.41. The number of hydrogen-bond acceptors (Lipinski definition) is 3. The number of ether oxygens (including phenoxy) is 1. The Balaban J connectivity index is 0.00000132. The standard InChI is InChI=1S/C18H28N2O.2ClH/c1-21-17-10-6-5-9-16(17)18(15-7-3-2-4-8-15)20-13-11-19-12-14-20;;/h5-6,9-10,15,18-19H,2-4,7-8,11-14H2,1H3;2*1H/t18-;;/m0../s1. The average molecular weight is 361 g/mol. The molecule has 1 aliphatic heterocycles. The zero-order chi connectivity index (χ0) is 14.5. The first-order valence-corrected chi connectivity index (χ1v) is 8.48. The second kappa shape index (κ2) is 10.4. The van der Waals surface area contributed by atoms with Crippen molar-refractivity contribution in [3.05, 3.63) is 29.8 Å². The lowest BCUT2D eigenvalue weighted by molar-refractivity contribution is 0.101. The number of nitrogens with one attached hydrogen (secondary N) is 1. The van der Waals surface area contributed by atoms with Gasteiger partial charge in [0.15, 0.2) is 0 Å². The minimum atomic E-state index is 0. The number of halogens is 2. The minimum absolute atomic E-state index is 0. The molecule has 1 aromatic carbocycles. The Labute approximate surface area is 153 Å². The number of methoxy groups -OCH3 is 1. The van der Waals surface area contributed by atoms with Gasteiger partial charge in [0, 0.05) is 37.8 Å².